The molecule has 2 aromatic rings. The minimum Gasteiger partial charge on any atom is -0.430 e. The second kappa shape index (κ2) is 10.9. The molecule has 1 unspecified atom stereocenters. The summed E-state index contributed by atoms with van der Waals surface area (Å²) in [5.74, 6) is -0.154. The van der Waals surface area contributed by atoms with Crippen LogP contribution in [0.25, 0.3) is 11.1 Å². The van der Waals surface area contributed by atoms with Gasteiger partial charge in [-0.2, -0.15) is 0 Å². The van der Waals surface area contributed by atoms with Crippen LogP contribution < -0.4 is 11.1 Å². The number of rotatable bonds is 4. The summed E-state index contributed by atoms with van der Waals surface area (Å²) in [4.78, 5) is 42.0. The zero-order chi connectivity index (χ0) is 22.2. The molecule has 2 fully saturated rings. The molecule has 4 rings (SSSR count). The summed E-state index contributed by atoms with van der Waals surface area (Å²) in [6, 6.07) is 3.34. The molecule has 0 aliphatic carbocycles. The number of hydrogen-bond acceptors (Lipinski definition) is 6. The molecule has 2 aliphatic heterocycles. The number of amides is 3. The highest BCUT2D eigenvalue weighted by Gasteiger charge is 2.28. The molecule has 3 amide bonds. The van der Waals surface area contributed by atoms with Gasteiger partial charge in [-0.15, -0.1) is 0 Å². The number of piperidine rings is 1. The van der Waals surface area contributed by atoms with Gasteiger partial charge in [0.05, 0.1) is 11.3 Å². The van der Waals surface area contributed by atoms with Crippen molar-refractivity contribution < 1.29 is 18.8 Å². The number of hydrogen-bond donors (Lipinski definition) is 2. The number of furan rings is 1. The Morgan fingerprint density at radius 1 is 1.19 bits per heavy atom. The number of nitrogens with zero attached hydrogens (tertiary/aromatic N) is 3. The number of fused-ring (bicyclic) bond motifs is 1. The number of carbonyl (C=O) groups excluding carboxylic acids is 3. The molecule has 4 heterocycles. The number of nitrogens with one attached hydrogen (secondary N) is 1. The quantitative estimate of drug-likeness (QED) is 0.719. The second-order valence-electron chi connectivity index (χ2n) is 8.13. The number of aromatic nitrogens is 1. The number of anilines is 1. The summed E-state index contributed by atoms with van der Waals surface area (Å²) in [5, 5.41) is 2.91. The molecule has 1 atom stereocenters. The number of nitrogens with two attached hydrogens (primary N) is 1. The van der Waals surface area contributed by atoms with Gasteiger partial charge >= 0.3 is 0 Å². The van der Waals surface area contributed by atoms with E-state index in [0.717, 1.165) is 32.6 Å². The average Bonchev–Trinajstić information content (AvgIpc) is 2.94. The largest absolute Gasteiger partial charge is 0.430 e. The molecule has 2 aromatic heterocycles. The molecule has 9 nitrogen and oxygen atoms in total. The van der Waals surface area contributed by atoms with Crippen LogP contribution in [0, 0.1) is 5.92 Å². The van der Waals surface area contributed by atoms with Crippen molar-refractivity contribution in [2.24, 2.45) is 11.7 Å². The van der Waals surface area contributed by atoms with Gasteiger partial charge in [0.15, 0.2) is 0 Å². The van der Waals surface area contributed by atoms with E-state index in [2.05, 4.69) is 27.1 Å². The van der Waals surface area contributed by atoms with Gasteiger partial charge < -0.3 is 25.3 Å². The maximum atomic E-state index is 12.4. The smallest absolute Gasteiger partial charge is 0.286 e. The highest BCUT2D eigenvalue weighted by atomic mass is 16.4. The van der Waals surface area contributed by atoms with Crippen molar-refractivity contribution in [3.63, 3.8) is 0 Å². The van der Waals surface area contributed by atoms with Crippen LogP contribution >= 0.6 is 0 Å². The standard InChI is InChI=1S/C13H24N2O.C9H7N3O3/c1-14-8-6-7-12(11-14)13(16)15-9-4-2-3-5-10-15;10-8(14)7-6(12-4-13)5-2-1-3-11-9(5)15-7/h12H,2-11H2,1H3;1-4H,(H2,10,14)(H,12,13). The molecule has 31 heavy (non-hydrogen) atoms. The summed E-state index contributed by atoms with van der Waals surface area (Å²) >= 11 is 0. The molecule has 0 bridgehead atoms. The van der Waals surface area contributed by atoms with Crippen molar-refractivity contribution in [1.29, 1.82) is 0 Å². The maximum Gasteiger partial charge on any atom is 0.286 e. The Balaban J connectivity index is 0.000000176. The lowest BCUT2D eigenvalue weighted by Gasteiger charge is -2.32. The third-order valence-corrected chi connectivity index (χ3v) is 5.78. The van der Waals surface area contributed by atoms with Gasteiger partial charge in [0.2, 0.25) is 23.8 Å². The van der Waals surface area contributed by atoms with Crippen LogP contribution in [-0.2, 0) is 9.59 Å². The number of primary amides is 1. The van der Waals surface area contributed by atoms with Gasteiger partial charge in [0.1, 0.15) is 5.69 Å². The Labute approximate surface area is 181 Å². The summed E-state index contributed by atoms with van der Waals surface area (Å²) < 4.78 is 5.11. The molecule has 0 spiro atoms. The highest BCUT2D eigenvalue weighted by Crippen LogP contribution is 2.28. The van der Waals surface area contributed by atoms with E-state index in [0.29, 0.717) is 17.7 Å². The lowest BCUT2D eigenvalue weighted by molar-refractivity contribution is -0.137. The summed E-state index contributed by atoms with van der Waals surface area (Å²) in [7, 11) is 2.13. The minimum absolute atomic E-state index is 0.101. The molecular formula is C22H31N5O4. The van der Waals surface area contributed by atoms with Crippen LogP contribution in [0.15, 0.2) is 22.7 Å². The number of likely N-dealkylation sites (tertiary alicyclic amines) is 2. The van der Waals surface area contributed by atoms with Crippen LogP contribution in [0.1, 0.15) is 49.1 Å². The molecule has 168 valence electrons. The van der Waals surface area contributed by atoms with Gasteiger partial charge in [-0.1, -0.05) is 12.8 Å². The first kappa shape index (κ1) is 22.7. The zero-order valence-corrected chi connectivity index (χ0v) is 18.0. The summed E-state index contributed by atoms with van der Waals surface area (Å²) in [5.41, 5.74) is 5.60. The molecule has 0 saturated carbocycles. The fourth-order valence-corrected chi connectivity index (χ4v) is 4.23. The first-order chi connectivity index (χ1) is 15.0. The number of pyridine rings is 1. The Bertz CT molecular complexity index is 900. The van der Waals surface area contributed by atoms with Gasteiger partial charge in [0, 0.05) is 25.8 Å². The monoisotopic (exact) mass is 429 g/mol. The molecule has 0 radical (unpaired) electrons. The van der Waals surface area contributed by atoms with E-state index >= 15 is 0 Å². The van der Waals surface area contributed by atoms with Crippen LogP contribution in [0.3, 0.4) is 0 Å². The van der Waals surface area contributed by atoms with Gasteiger partial charge in [0.25, 0.3) is 5.91 Å². The van der Waals surface area contributed by atoms with Crippen LogP contribution in [0.2, 0.25) is 0 Å². The second-order valence-corrected chi connectivity index (χ2v) is 8.13. The van der Waals surface area contributed by atoms with Gasteiger partial charge in [-0.3, -0.25) is 14.4 Å². The third kappa shape index (κ3) is 5.81. The Kier molecular flexibility index (Phi) is 8.00. The van der Waals surface area contributed by atoms with Gasteiger partial charge in [-0.05, 0) is 51.4 Å². The SMILES string of the molecule is CN1CCCC(C(=O)N2CCCCCC2)C1.NC(=O)c1oc2ncccc2c1NC=O. The van der Waals surface area contributed by atoms with E-state index in [1.165, 1.54) is 38.3 Å². The van der Waals surface area contributed by atoms with Crippen molar-refractivity contribution in [3.05, 3.63) is 24.1 Å². The Morgan fingerprint density at radius 2 is 1.94 bits per heavy atom. The Hall–Kier alpha value is -2.94. The molecule has 2 aliphatic rings. The predicted molar refractivity (Wildman–Crippen MR) is 117 cm³/mol. The van der Waals surface area contributed by atoms with E-state index in [9.17, 15) is 14.4 Å². The molecular weight excluding hydrogens is 398 g/mol. The molecule has 2 saturated heterocycles. The van der Waals surface area contributed by atoms with Gasteiger partial charge in [-0.25, -0.2) is 4.98 Å². The Morgan fingerprint density at radius 3 is 2.58 bits per heavy atom. The highest BCUT2D eigenvalue weighted by molar-refractivity contribution is 6.07. The van der Waals surface area contributed by atoms with Crippen LogP contribution in [0.5, 0.6) is 0 Å². The lowest BCUT2D eigenvalue weighted by Crippen LogP contribution is -2.43. The van der Waals surface area contributed by atoms with E-state index in [1.807, 2.05) is 0 Å². The van der Waals surface area contributed by atoms with Crippen LogP contribution in [-0.4, -0.2) is 66.2 Å². The minimum atomic E-state index is -0.752. The predicted octanol–water partition coefficient (Wildman–Crippen LogP) is 2.23. The van der Waals surface area contributed by atoms with Crippen molar-refractivity contribution in [2.45, 2.75) is 38.5 Å². The van der Waals surface area contributed by atoms with E-state index in [4.69, 9.17) is 10.2 Å². The van der Waals surface area contributed by atoms with Crippen molar-refractivity contribution in [3.8, 4) is 0 Å². The maximum absolute atomic E-state index is 12.4. The van der Waals surface area contributed by atoms with E-state index in [1.54, 1.807) is 12.1 Å². The van der Waals surface area contributed by atoms with Crippen molar-refractivity contribution in [2.75, 3.05) is 38.5 Å². The van der Waals surface area contributed by atoms with E-state index in [-0.39, 0.29) is 23.1 Å². The van der Waals surface area contributed by atoms with E-state index < -0.39 is 5.91 Å². The number of carbonyl (C=O) groups is 3. The molecule has 0 aromatic carbocycles. The fraction of sp³-hybridized carbons (Fsp3) is 0.545. The lowest BCUT2D eigenvalue weighted by atomic mass is 9.97. The summed E-state index contributed by atoms with van der Waals surface area (Å²) in [6.07, 6.45) is 9.25. The molecule has 3 N–H and O–H groups in total. The first-order valence-corrected chi connectivity index (χ1v) is 10.9. The average molecular weight is 430 g/mol. The first-order valence-electron chi connectivity index (χ1n) is 10.9. The topological polar surface area (TPSA) is 122 Å². The summed E-state index contributed by atoms with van der Waals surface area (Å²) in [6.45, 7) is 4.12. The third-order valence-electron chi connectivity index (χ3n) is 5.78. The van der Waals surface area contributed by atoms with Crippen molar-refractivity contribution in [1.82, 2.24) is 14.8 Å². The zero-order valence-electron chi connectivity index (χ0n) is 18.0. The van der Waals surface area contributed by atoms with Crippen molar-refractivity contribution >= 4 is 35.0 Å². The fourth-order valence-electron chi connectivity index (χ4n) is 4.23. The normalized spacial score (nSPS) is 19.8. The van der Waals surface area contributed by atoms with Crippen LogP contribution in [0.4, 0.5) is 5.69 Å². The molecule has 9 heteroatoms.